The first kappa shape index (κ1) is 16.6. The summed E-state index contributed by atoms with van der Waals surface area (Å²) in [5.74, 6) is 0.527. The Labute approximate surface area is 124 Å². The molecule has 0 saturated heterocycles. The molecule has 108 valence electrons. The van der Waals surface area contributed by atoms with E-state index in [-0.39, 0.29) is 19.1 Å². The largest absolute Gasteiger partial charge is 0.492 e. The molecule has 0 unspecified atom stereocenters. The van der Waals surface area contributed by atoms with Crippen molar-refractivity contribution in [2.45, 2.75) is 26.2 Å². The maximum atomic E-state index is 9.08. The zero-order valence-corrected chi connectivity index (χ0v) is 12.5. The van der Waals surface area contributed by atoms with E-state index in [9.17, 15) is 0 Å². The van der Waals surface area contributed by atoms with Gasteiger partial charge in [0.1, 0.15) is 5.75 Å². The molecular formula is C14H20Cl2O3. The van der Waals surface area contributed by atoms with Gasteiger partial charge in [0.15, 0.2) is 0 Å². The quantitative estimate of drug-likeness (QED) is 0.774. The van der Waals surface area contributed by atoms with E-state index in [4.69, 9.17) is 38.2 Å². The van der Waals surface area contributed by atoms with Crippen LogP contribution in [-0.2, 0) is 6.42 Å². The fourth-order valence-electron chi connectivity index (χ4n) is 1.77. The Kier molecular flexibility index (Phi) is 7.54. The molecule has 1 aromatic rings. The van der Waals surface area contributed by atoms with Crippen LogP contribution >= 0.6 is 23.2 Å². The van der Waals surface area contributed by atoms with Crippen molar-refractivity contribution in [3.8, 4) is 5.75 Å². The molecule has 0 radical (unpaired) electrons. The lowest BCUT2D eigenvalue weighted by molar-refractivity contribution is 0.144. The molecule has 0 amide bonds. The third-order valence-corrected chi connectivity index (χ3v) is 3.37. The van der Waals surface area contributed by atoms with Crippen molar-refractivity contribution in [1.29, 1.82) is 0 Å². The van der Waals surface area contributed by atoms with E-state index >= 15 is 0 Å². The Morgan fingerprint density at radius 3 is 2.47 bits per heavy atom. The Morgan fingerprint density at radius 2 is 1.89 bits per heavy atom. The molecule has 0 bridgehead atoms. The summed E-state index contributed by atoms with van der Waals surface area (Å²) in [6.45, 7) is 2.56. The highest BCUT2D eigenvalue weighted by Gasteiger charge is 2.13. The predicted octanol–water partition coefficient (Wildman–Crippen LogP) is 3.32. The minimum absolute atomic E-state index is 0.0318. The minimum atomic E-state index is -0.128. The molecule has 0 spiro atoms. The second-order valence-corrected chi connectivity index (χ2v) is 5.34. The van der Waals surface area contributed by atoms with Crippen LogP contribution in [0.25, 0.3) is 0 Å². The van der Waals surface area contributed by atoms with Crippen molar-refractivity contribution in [3.05, 3.63) is 27.7 Å². The molecular weight excluding hydrogens is 287 g/mol. The van der Waals surface area contributed by atoms with E-state index in [0.717, 1.165) is 12.0 Å². The first-order valence-corrected chi connectivity index (χ1v) is 7.20. The highest BCUT2D eigenvalue weighted by atomic mass is 35.5. The zero-order chi connectivity index (χ0) is 14.3. The standard InChI is InChI=1S/C14H20Cl2O3/c1-2-5-19-14-11(4-3-10(8-17)9-18)6-12(15)7-13(14)16/h6-7,10,17-18H,2-5,8-9H2,1H3. The van der Waals surface area contributed by atoms with Crippen molar-refractivity contribution >= 4 is 23.2 Å². The molecule has 1 rings (SSSR count). The van der Waals surface area contributed by atoms with Crippen LogP contribution < -0.4 is 4.74 Å². The lowest BCUT2D eigenvalue weighted by atomic mass is 10.0. The van der Waals surface area contributed by atoms with E-state index in [2.05, 4.69) is 0 Å². The molecule has 0 fully saturated rings. The fraction of sp³-hybridized carbons (Fsp3) is 0.571. The molecule has 2 N–H and O–H groups in total. The van der Waals surface area contributed by atoms with Gasteiger partial charge in [0.2, 0.25) is 0 Å². The summed E-state index contributed by atoms with van der Waals surface area (Å²) in [4.78, 5) is 0. The van der Waals surface area contributed by atoms with Crippen LogP contribution in [0.4, 0.5) is 0 Å². The summed E-state index contributed by atoms with van der Waals surface area (Å²) < 4.78 is 5.66. The van der Waals surface area contributed by atoms with Gasteiger partial charge in [0.05, 0.1) is 11.6 Å². The lowest BCUT2D eigenvalue weighted by Crippen LogP contribution is -2.12. The van der Waals surface area contributed by atoms with Gasteiger partial charge in [-0.3, -0.25) is 0 Å². The maximum absolute atomic E-state index is 9.08. The number of hydrogen-bond acceptors (Lipinski definition) is 3. The van der Waals surface area contributed by atoms with Crippen LogP contribution in [0.3, 0.4) is 0 Å². The fourth-order valence-corrected chi connectivity index (χ4v) is 2.36. The van der Waals surface area contributed by atoms with Gasteiger partial charge in [-0.1, -0.05) is 30.1 Å². The van der Waals surface area contributed by atoms with Crippen LogP contribution in [0.2, 0.25) is 10.0 Å². The molecule has 0 aliphatic rings. The second kappa shape index (κ2) is 8.64. The molecule has 0 aliphatic carbocycles. The highest BCUT2D eigenvalue weighted by Crippen LogP contribution is 2.33. The summed E-state index contributed by atoms with van der Waals surface area (Å²) >= 11 is 12.1. The number of aliphatic hydroxyl groups excluding tert-OH is 2. The van der Waals surface area contributed by atoms with Gasteiger partial charge in [-0.2, -0.15) is 0 Å². The zero-order valence-electron chi connectivity index (χ0n) is 11.0. The Hall–Kier alpha value is -0.480. The minimum Gasteiger partial charge on any atom is -0.492 e. The summed E-state index contributed by atoms with van der Waals surface area (Å²) in [6, 6.07) is 3.48. The molecule has 0 aromatic heterocycles. The predicted molar refractivity (Wildman–Crippen MR) is 78.2 cm³/mol. The summed E-state index contributed by atoms with van der Waals surface area (Å²) in [7, 11) is 0. The van der Waals surface area contributed by atoms with Crippen molar-refractivity contribution in [2.24, 2.45) is 5.92 Å². The van der Waals surface area contributed by atoms with Gasteiger partial charge in [-0.25, -0.2) is 0 Å². The average molecular weight is 307 g/mol. The molecule has 5 heteroatoms. The van der Waals surface area contributed by atoms with Gasteiger partial charge in [0.25, 0.3) is 0 Å². The van der Waals surface area contributed by atoms with Crippen LogP contribution in [0.15, 0.2) is 12.1 Å². The number of benzene rings is 1. The molecule has 0 aliphatic heterocycles. The van der Waals surface area contributed by atoms with Gasteiger partial charge in [0, 0.05) is 24.2 Å². The first-order valence-electron chi connectivity index (χ1n) is 6.44. The third kappa shape index (κ3) is 5.19. The molecule has 3 nitrogen and oxygen atoms in total. The molecule has 19 heavy (non-hydrogen) atoms. The van der Waals surface area contributed by atoms with Gasteiger partial charge < -0.3 is 14.9 Å². The number of hydrogen-bond donors (Lipinski definition) is 2. The Balaban J connectivity index is 2.84. The molecule has 0 atom stereocenters. The van der Waals surface area contributed by atoms with Gasteiger partial charge >= 0.3 is 0 Å². The second-order valence-electron chi connectivity index (χ2n) is 4.49. The highest BCUT2D eigenvalue weighted by molar-refractivity contribution is 6.35. The van der Waals surface area contributed by atoms with Crippen molar-refractivity contribution < 1.29 is 14.9 Å². The van der Waals surface area contributed by atoms with E-state index in [1.807, 2.05) is 13.0 Å². The first-order chi connectivity index (χ1) is 9.12. The maximum Gasteiger partial charge on any atom is 0.141 e. The normalized spacial score (nSPS) is 11.1. The number of ether oxygens (including phenoxy) is 1. The Bertz CT molecular complexity index is 393. The topological polar surface area (TPSA) is 49.7 Å². The van der Waals surface area contributed by atoms with Crippen LogP contribution in [0.1, 0.15) is 25.3 Å². The molecule has 0 saturated carbocycles. The number of halogens is 2. The molecule has 1 aromatic carbocycles. The van der Waals surface area contributed by atoms with E-state index < -0.39 is 0 Å². The smallest absolute Gasteiger partial charge is 0.141 e. The van der Waals surface area contributed by atoms with Crippen LogP contribution in [0, 0.1) is 5.92 Å². The number of rotatable bonds is 8. The molecule has 0 heterocycles. The number of aryl methyl sites for hydroxylation is 1. The lowest BCUT2D eigenvalue weighted by Gasteiger charge is -2.15. The van der Waals surface area contributed by atoms with Crippen molar-refractivity contribution in [2.75, 3.05) is 19.8 Å². The Morgan fingerprint density at radius 1 is 1.21 bits per heavy atom. The van der Waals surface area contributed by atoms with Crippen molar-refractivity contribution in [3.63, 3.8) is 0 Å². The van der Waals surface area contributed by atoms with Crippen LogP contribution in [0.5, 0.6) is 5.75 Å². The summed E-state index contributed by atoms with van der Waals surface area (Å²) in [6.07, 6.45) is 2.21. The van der Waals surface area contributed by atoms with Gasteiger partial charge in [-0.05, 0) is 37.0 Å². The average Bonchev–Trinajstić information content (AvgIpc) is 2.38. The SMILES string of the molecule is CCCOc1c(Cl)cc(Cl)cc1CCC(CO)CO. The summed E-state index contributed by atoms with van der Waals surface area (Å²) in [5, 5.41) is 19.2. The van der Waals surface area contributed by atoms with E-state index in [1.54, 1.807) is 6.07 Å². The van der Waals surface area contributed by atoms with Gasteiger partial charge in [-0.15, -0.1) is 0 Å². The van der Waals surface area contributed by atoms with E-state index in [1.165, 1.54) is 0 Å². The third-order valence-electron chi connectivity index (χ3n) is 2.87. The van der Waals surface area contributed by atoms with Crippen LogP contribution in [-0.4, -0.2) is 30.0 Å². The summed E-state index contributed by atoms with van der Waals surface area (Å²) in [5.41, 5.74) is 0.915. The number of aliphatic hydroxyl groups is 2. The van der Waals surface area contributed by atoms with E-state index in [0.29, 0.717) is 35.2 Å². The van der Waals surface area contributed by atoms with Crippen molar-refractivity contribution in [1.82, 2.24) is 0 Å². The monoisotopic (exact) mass is 306 g/mol.